The third-order valence-corrected chi connectivity index (χ3v) is 4.36. The molecule has 0 aliphatic carbocycles. The van der Waals surface area contributed by atoms with Crippen molar-refractivity contribution in [1.29, 1.82) is 5.26 Å². The number of aromatic amines is 1. The van der Waals surface area contributed by atoms with Gasteiger partial charge in [-0.25, -0.2) is 4.79 Å². The first-order valence-corrected chi connectivity index (χ1v) is 8.96. The van der Waals surface area contributed by atoms with E-state index in [0.29, 0.717) is 16.7 Å². The van der Waals surface area contributed by atoms with Gasteiger partial charge in [-0.1, -0.05) is 13.8 Å². The number of benzene rings is 1. The van der Waals surface area contributed by atoms with E-state index in [-0.39, 0.29) is 29.3 Å². The van der Waals surface area contributed by atoms with Crippen molar-refractivity contribution in [2.24, 2.45) is 11.5 Å². The van der Waals surface area contributed by atoms with Gasteiger partial charge in [0.05, 0.1) is 18.2 Å². The van der Waals surface area contributed by atoms with Gasteiger partial charge >= 0.3 is 5.69 Å². The lowest BCUT2D eigenvalue weighted by Crippen LogP contribution is -2.38. The number of nitrogens with two attached hydrogens (primary N) is 2. The molecule has 0 aliphatic rings. The Bertz CT molecular complexity index is 1160. The van der Waals surface area contributed by atoms with E-state index in [2.05, 4.69) is 4.98 Å². The Balaban J connectivity index is 2.85. The summed E-state index contributed by atoms with van der Waals surface area (Å²) in [6, 6.07) is 6.71. The van der Waals surface area contributed by atoms with Crippen molar-refractivity contribution in [1.82, 2.24) is 9.55 Å². The van der Waals surface area contributed by atoms with Crippen LogP contribution in [0.3, 0.4) is 0 Å². The molecule has 0 radical (unpaired) electrons. The van der Waals surface area contributed by atoms with E-state index < -0.39 is 17.0 Å². The van der Waals surface area contributed by atoms with E-state index in [1.165, 1.54) is 29.1 Å². The minimum absolute atomic E-state index is 0.0342. The lowest BCUT2D eigenvalue weighted by atomic mass is 9.95. The van der Waals surface area contributed by atoms with Crippen LogP contribution in [-0.4, -0.2) is 15.3 Å². The van der Waals surface area contributed by atoms with E-state index in [0.717, 1.165) is 0 Å². The van der Waals surface area contributed by atoms with Crippen LogP contribution in [0.2, 0.25) is 0 Å². The Labute approximate surface area is 167 Å². The third-order valence-electron chi connectivity index (χ3n) is 4.36. The highest BCUT2D eigenvalue weighted by atomic mass is 16.2. The Morgan fingerprint density at radius 1 is 1.28 bits per heavy atom. The maximum Gasteiger partial charge on any atom is 0.329 e. The summed E-state index contributed by atoms with van der Waals surface area (Å²) in [5.74, 6) is -0.856. The number of carbonyl (C=O) groups excluding carboxylic acids is 1. The molecular weight excluding hydrogens is 370 g/mol. The zero-order valence-corrected chi connectivity index (χ0v) is 16.5. The third kappa shape index (κ3) is 4.52. The van der Waals surface area contributed by atoms with Crippen molar-refractivity contribution < 1.29 is 4.79 Å². The molecule has 1 aromatic heterocycles. The molecule has 150 valence electrons. The average molecular weight is 393 g/mol. The second-order valence-corrected chi connectivity index (χ2v) is 6.89. The fraction of sp³-hybridized carbons (Fsp3) is 0.238. The highest BCUT2D eigenvalue weighted by molar-refractivity contribution is 6.09. The van der Waals surface area contributed by atoms with Crippen molar-refractivity contribution in [3.63, 3.8) is 0 Å². The highest BCUT2D eigenvalue weighted by Crippen LogP contribution is 2.20. The van der Waals surface area contributed by atoms with Crippen LogP contribution in [0.1, 0.15) is 52.5 Å². The molecule has 2 aromatic rings. The minimum Gasteiger partial charge on any atom is -0.405 e. The first-order valence-electron chi connectivity index (χ1n) is 8.96. The van der Waals surface area contributed by atoms with Crippen molar-refractivity contribution in [3.05, 3.63) is 91.0 Å². The zero-order chi connectivity index (χ0) is 21.7. The van der Waals surface area contributed by atoms with Gasteiger partial charge in [-0.2, -0.15) is 5.26 Å². The van der Waals surface area contributed by atoms with Crippen molar-refractivity contribution >= 4 is 5.78 Å². The first kappa shape index (κ1) is 21.4. The van der Waals surface area contributed by atoms with E-state index in [9.17, 15) is 19.6 Å². The van der Waals surface area contributed by atoms with Gasteiger partial charge in [0.25, 0.3) is 5.56 Å². The molecule has 8 heteroatoms. The van der Waals surface area contributed by atoms with Gasteiger partial charge in [0.15, 0.2) is 0 Å². The number of ketones is 1. The number of nitriles is 1. The van der Waals surface area contributed by atoms with E-state index in [4.69, 9.17) is 11.5 Å². The molecule has 0 atom stereocenters. The van der Waals surface area contributed by atoms with Crippen LogP contribution in [0.25, 0.3) is 0 Å². The molecule has 29 heavy (non-hydrogen) atoms. The molecule has 1 aromatic carbocycles. The van der Waals surface area contributed by atoms with Crippen LogP contribution < -0.4 is 22.7 Å². The Morgan fingerprint density at radius 2 is 1.97 bits per heavy atom. The molecular formula is C21H23N5O3. The molecule has 0 amide bonds. The van der Waals surface area contributed by atoms with Gasteiger partial charge in [0.2, 0.25) is 5.78 Å². The smallest absolute Gasteiger partial charge is 0.329 e. The number of aryl methyl sites for hydroxylation is 1. The van der Waals surface area contributed by atoms with Gasteiger partial charge in [0, 0.05) is 11.1 Å². The van der Waals surface area contributed by atoms with Crippen molar-refractivity contribution in [2.75, 3.05) is 0 Å². The second kappa shape index (κ2) is 8.89. The van der Waals surface area contributed by atoms with Gasteiger partial charge in [-0.3, -0.25) is 19.1 Å². The predicted octanol–water partition coefficient (Wildman–Crippen LogP) is 1.39. The highest BCUT2D eigenvalue weighted by Gasteiger charge is 2.25. The topological polar surface area (TPSA) is 148 Å². The minimum atomic E-state index is -0.735. The van der Waals surface area contributed by atoms with Crippen LogP contribution >= 0.6 is 0 Å². The molecule has 0 fully saturated rings. The fourth-order valence-corrected chi connectivity index (χ4v) is 3.10. The zero-order valence-electron chi connectivity index (χ0n) is 16.5. The average Bonchev–Trinajstić information content (AvgIpc) is 2.67. The first-order chi connectivity index (χ1) is 13.7. The number of aromatic nitrogens is 2. The van der Waals surface area contributed by atoms with Crippen LogP contribution in [-0.2, 0) is 6.54 Å². The van der Waals surface area contributed by atoms with Crippen molar-refractivity contribution in [2.45, 2.75) is 33.2 Å². The summed E-state index contributed by atoms with van der Waals surface area (Å²) < 4.78 is 1.17. The molecule has 8 nitrogen and oxygen atoms in total. The summed E-state index contributed by atoms with van der Waals surface area (Å²) in [5.41, 5.74) is 11.5. The predicted molar refractivity (Wildman–Crippen MR) is 110 cm³/mol. The van der Waals surface area contributed by atoms with E-state index in [1.807, 2.05) is 6.07 Å². The van der Waals surface area contributed by atoms with Crippen LogP contribution in [0.4, 0.5) is 0 Å². The number of allylic oxidation sites excluding steroid dienone is 2. The van der Waals surface area contributed by atoms with Gasteiger partial charge in [-0.15, -0.1) is 0 Å². The molecule has 0 saturated heterocycles. The number of rotatable bonds is 6. The summed E-state index contributed by atoms with van der Waals surface area (Å²) in [6.45, 7) is 5.21. The number of hydrogen-bond acceptors (Lipinski definition) is 6. The standard InChI is InChI=1S/C21H23N5O3/c1-12(2)17-18(19(27)16-7-13(3)6-15(8-16)10-24)26(21(29)25-20(17)28)11-14(9-23)4-5-22/h4-9,12H,11,22-23H2,1-3H3,(H,25,28,29)/b5-4-,14-9+. The number of hydrogen-bond donors (Lipinski definition) is 3. The molecule has 0 unspecified atom stereocenters. The summed E-state index contributed by atoms with van der Waals surface area (Å²) in [7, 11) is 0. The summed E-state index contributed by atoms with van der Waals surface area (Å²) >= 11 is 0. The van der Waals surface area contributed by atoms with Crippen LogP contribution in [0.5, 0.6) is 0 Å². The van der Waals surface area contributed by atoms with Gasteiger partial charge in [0.1, 0.15) is 5.69 Å². The van der Waals surface area contributed by atoms with E-state index in [1.54, 1.807) is 32.9 Å². The second-order valence-electron chi connectivity index (χ2n) is 6.89. The maximum atomic E-state index is 13.4. The molecule has 1 heterocycles. The number of nitrogens with one attached hydrogen (secondary N) is 1. The summed E-state index contributed by atoms with van der Waals surface area (Å²) in [4.78, 5) is 40.8. The Hall–Kier alpha value is -3.86. The molecule has 0 saturated carbocycles. The lowest BCUT2D eigenvalue weighted by molar-refractivity contribution is 0.102. The normalized spacial score (nSPS) is 11.8. The summed E-state index contributed by atoms with van der Waals surface area (Å²) in [5, 5.41) is 9.22. The van der Waals surface area contributed by atoms with Crippen LogP contribution in [0, 0.1) is 18.3 Å². The largest absolute Gasteiger partial charge is 0.405 e. The van der Waals surface area contributed by atoms with Gasteiger partial charge in [-0.05, 0) is 60.7 Å². The van der Waals surface area contributed by atoms with E-state index >= 15 is 0 Å². The van der Waals surface area contributed by atoms with Crippen molar-refractivity contribution in [3.8, 4) is 6.07 Å². The number of carbonyl (C=O) groups is 1. The SMILES string of the molecule is Cc1cc(C#N)cc(C(=O)c2c(C(C)C)c(=O)[nH]c(=O)n2CC(/C=C\N)=C/N)c1. The van der Waals surface area contributed by atoms with Crippen LogP contribution in [0.15, 0.2) is 51.8 Å². The molecule has 0 spiro atoms. The maximum absolute atomic E-state index is 13.4. The molecule has 2 rings (SSSR count). The molecule has 0 aliphatic heterocycles. The lowest BCUT2D eigenvalue weighted by Gasteiger charge is -2.18. The Morgan fingerprint density at radius 3 is 2.52 bits per heavy atom. The van der Waals surface area contributed by atoms with Gasteiger partial charge < -0.3 is 11.5 Å². The monoisotopic (exact) mass is 393 g/mol. The Kier molecular flexibility index (Phi) is 6.57. The number of H-pyrrole nitrogens is 1. The quantitative estimate of drug-likeness (QED) is 0.499. The number of nitrogens with zero attached hydrogens (tertiary/aromatic N) is 2. The fourth-order valence-electron chi connectivity index (χ4n) is 3.10. The molecule has 0 bridgehead atoms. The summed E-state index contributed by atoms with van der Waals surface area (Å²) in [6.07, 6.45) is 4.03. The molecule has 5 N–H and O–H groups in total.